The SMILES string of the molecule is O=C1CCC2=C3C(=CC=CC13)C1CCCC3=C1C1CCC23C1. The first-order valence-corrected chi connectivity index (χ1v) is 9.18. The summed E-state index contributed by atoms with van der Waals surface area (Å²) in [6.07, 6.45) is 16.8. The topological polar surface area (TPSA) is 17.1 Å². The van der Waals surface area contributed by atoms with Crippen LogP contribution in [0.3, 0.4) is 0 Å². The Balaban J connectivity index is 1.71. The molecule has 1 heteroatoms. The molecular weight excluding hydrogens is 268 g/mol. The van der Waals surface area contributed by atoms with E-state index in [1.165, 1.54) is 44.1 Å². The Morgan fingerprint density at radius 2 is 2.05 bits per heavy atom. The standard InChI is InChI=1S/C21H22O/c22-18-8-7-17-20-14(3-1-5-15(18)20)13-4-2-6-16-19(13)12-9-10-21(16,17)11-12/h1,3,5,12-13,15H,2,4,6-11H2. The van der Waals surface area contributed by atoms with Crippen molar-refractivity contribution in [3.63, 3.8) is 0 Å². The molecule has 0 aromatic heterocycles. The van der Waals surface area contributed by atoms with Crippen LogP contribution in [0.25, 0.3) is 0 Å². The highest BCUT2D eigenvalue weighted by atomic mass is 16.1. The van der Waals surface area contributed by atoms with Crippen molar-refractivity contribution >= 4 is 5.78 Å². The minimum absolute atomic E-state index is 0.0963. The molecule has 0 aromatic rings. The van der Waals surface area contributed by atoms with Gasteiger partial charge >= 0.3 is 0 Å². The highest BCUT2D eigenvalue weighted by Crippen LogP contribution is 2.70. The summed E-state index contributed by atoms with van der Waals surface area (Å²) in [4.78, 5) is 12.5. The van der Waals surface area contributed by atoms with E-state index in [0.29, 0.717) is 17.1 Å². The van der Waals surface area contributed by atoms with Crippen molar-refractivity contribution in [3.8, 4) is 0 Å². The molecule has 6 rings (SSSR count). The molecule has 0 heterocycles. The van der Waals surface area contributed by atoms with Crippen molar-refractivity contribution in [2.45, 2.75) is 51.4 Å². The first-order chi connectivity index (χ1) is 10.8. The predicted octanol–water partition coefficient (Wildman–Crippen LogP) is 4.67. The third-order valence-electron chi connectivity index (χ3n) is 7.62. The maximum atomic E-state index is 12.5. The maximum absolute atomic E-state index is 12.5. The third-order valence-corrected chi connectivity index (χ3v) is 7.62. The molecular formula is C21H22O. The largest absolute Gasteiger partial charge is 0.299 e. The van der Waals surface area contributed by atoms with Crippen LogP contribution in [-0.2, 0) is 4.79 Å². The summed E-state index contributed by atoms with van der Waals surface area (Å²) in [5, 5.41) is 0. The molecule has 4 atom stereocenters. The van der Waals surface area contributed by atoms with Gasteiger partial charge in [0.05, 0.1) is 5.92 Å². The van der Waals surface area contributed by atoms with Crippen LogP contribution < -0.4 is 0 Å². The van der Waals surface area contributed by atoms with Crippen LogP contribution >= 0.6 is 0 Å². The van der Waals surface area contributed by atoms with Crippen LogP contribution in [0.5, 0.6) is 0 Å². The van der Waals surface area contributed by atoms with Crippen LogP contribution in [0.15, 0.2) is 46.1 Å². The second-order valence-corrected chi connectivity index (χ2v) is 8.24. The second kappa shape index (κ2) is 3.75. The van der Waals surface area contributed by atoms with E-state index in [-0.39, 0.29) is 5.92 Å². The molecule has 1 nitrogen and oxygen atoms in total. The van der Waals surface area contributed by atoms with Crippen LogP contribution in [0.4, 0.5) is 0 Å². The zero-order chi connectivity index (χ0) is 14.5. The summed E-state index contributed by atoms with van der Waals surface area (Å²) in [5.41, 5.74) is 8.86. The van der Waals surface area contributed by atoms with Crippen molar-refractivity contribution in [2.24, 2.45) is 23.2 Å². The molecule has 22 heavy (non-hydrogen) atoms. The van der Waals surface area contributed by atoms with Gasteiger partial charge in [0, 0.05) is 17.8 Å². The Morgan fingerprint density at radius 1 is 1.09 bits per heavy atom. The molecule has 5 bridgehead atoms. The zero-order valence-electron chi connectivity index (χ0n) is 13.0. The van der Waals surface area contributed by atoms with Crippen LogP contribution in [0.1, 0.15) is 51.4 Å². The predicted molar refractivity (Wildman–Crippen MR) is 86.1 cm³/mol. The fourth-order valence-electron chi connectivity index (χ4n) is 7.01. The lowest BCUT2D eigenvalue weighted by molar-refractivity contribution is -0.121. The van der Waals surface area contributed by atoms with E-state index in [0.717, 1.165) is 18.8 Å². The molecule has 0 N–H and O–H groups in total. The number of hydrogen-bond donors (Lipinski definition) is 0. The smallest absolute Gasteiger partial charge is 0.144 e. The van der Waals surface area contributed by atoms with E-state index in [9.17, 15) is 4.79 Å². The minimum Gasteiger partial charge on any atom is -0.299 e. The third kappa shape index (κ3) is 1.16. The number of carbonyl (C=O) groups is 1. The van der Waals surface area contributed by atoms with Crippen LogP contribution in [0.2, 0.25) is 0 Å². The summed E-state index contributed by atoms with van der Waals surface area (Å²) >= 11 is 0. The van der Waals surface area contributed by atoms with Crippen molar-refractivity contribution in [3.05, 3.63) is 46.1 Å². The fourth-order valence-corrected chi connectivity index (χ4v) is 7.01. The average Bonchev–Trinajstić information content (AvgIpc) is 3.12. The Labute approximate surface area is 131 Å². The number of ketones is 1. The molecule has 0 aliphatic heterocycles. The summed E-state index contributed by atoms with van der Waals surface area (Å²) in [5.74, 6) is 2.09. The number of carbonyl (C=O) groups excluding carboxylic acids is 1. The molecule has 0 radical (unpaired) electrons. The van der Waals surface area contributed by atoms with Gasteiger partial charge in [0.25, 0.3) is 0 Å². The van der Waals surface area contributed by atoms with Crippen LogP contribution in [-0.4, -0.2) is 5.78 Å². The van der Waals surface area contributed by atoms with Gasteiger partial charge in [-0.2, -0.15) is 0 Å². The Kier molecular flexibility index (Phi) is 2.06. The van der Waals surface area contributed by atoms with E-state index < -0.39 is 0 Å². The quantitative estimate of drug-likeness (QED) is 0.593. The number of rotatable bonds is 0. The molecule has 0 saturated heterocycles. The van der Waals surface area contributed by atoms with Crippen molar-refractivity contribution < 1.29 is 4.79 Å². The van der Waals surface area contributed by atoms with Crippen molar-refractivity contribution in [1.82, 2.24) is 0 Å². The van der Waals surface area contributed by atoms with Crippen LogP contribution in [0, 0.1) is 23.2 Å². The van der Waals surface area contributed by atoms with Gasteiger partial charge in [0.2, 0.25) is 0 Å². The summed E-state index contributed by atoms with van der Waals surface area (Å²) in [6, 6.07) is 0. The van der Waals surface area contributed by atoms with Gasteiger partial charge in [0.1, 0.15) is 5.78 Å². The van der Waals surface area contributed by atoms with Gasteiger partial charge in [-0.25, -0.2) is 0 Å². The van der Waals surface area contributed by atoms with Gasteiger partial charge < -0.3 is 0 Å². The lowest BCUT2D eigenvalue weighted by Gasteiger charge is -2.39. The molecule has 6 aliphatic rings. The summed E-state index contributed by atoms with van der Waals surface area (Å²) < 4.78 is 0. The second-order valence-electron chi connectivity index (χ2n) is 8.24. The maximum Gasteiger partial charge on any atom is 0.144 e. The van der Waals surface area contributed by atoms with E-state index in [4.69, 9.17) is 0 Å². The van der Waals surface area contributed by atoms with Gasteiger partial charge in [0.15, 0.2) is 0 Å². The van der Waals surface area contributed by atoms with Gasteiger partial charge in [-0.3, -0.25) is 4.79 Å². The van der Waals surface area contributed by atoms with Crippen molar-refractivity contribution in [1.29, 1.82) is 0 Å². The van der Waals surface area contributed by atoms with Gasteiger partial charge in [-0.1, -0.05) is 34.9 Å². The molecule has 0 amide bonds. The molecule has 4 unspecified atom stereocenters. The number of Topliss-reactive ketones (excluding diaryl/α,β-unsaturated/α-hetero) is 1. The minimum atomic E-state index is 0.0963. The molecule has 1 fully saturated rings. The lowest BCUT2D eigenvalue weighted by atomic mass is 9.64. The number of hydrogen-bond acceptors (Lipinski definition) is 1. The molecule has 0 aromatic carbocycles. The zero-order valence-corrected chi connectivity index (χ0v) is 13.0. The molecule has 1 saturated carbocycles. The lowest BCUT2D eigenvalue weighted by Crippen LogP contribution is -2.31. The fraction of sp³-hybridized carbons (Fsp3) is 0.571. The number of allylic oxidation sites excluding steroid dienone is 8. The first-order valence-electron chi connectivity index (χ1n) is 9.18. The Bertz CT molecular complexity index is 744. The summed E-state index contributed by atoms with van der Waals surface area (Å²) in [7, 11) is 0. The first kappa shape index (κ1) is 12.1. The monoisotopic (exact) mass is 290 g/mol. The summed E-state index contributed by atoms with van der Waals surface area (Å²) in [6.45, 7) is 0. The highest BCUT2D eigenvalue weighted by molar-refractivity contribution is 5.90. The van der Waals surface area contributed by atoms with Gasteiger partial charge in [-0.15, -0.1) is 0 Å². The Morgan fingerprint density at radius 3 is 3.00 bits per heavy atom. The molecule has 6 aliphatic carbocycles. The van der Waals surface area contributed by atoms with Gasteiger partial charge in [-0.05, 0) is 62.0 Å². The normalized spacial score (nSPS) is 44.3. The van der Waals surface area contributed by atoms with E-state index in [2.05, 4.69) is 18.2 Å². The van der Waals surface area contributed by atoms with E-state index in [1.54, 1.807) is 11.1 Å². The Hall–Kier alpha value is -1.37. The molecule has 112 valence electrons. The van der Waals surface area contributed by atoms with Crippen molar-refractivity contribution in [2.75, 3.05) is 0 Å². The molecule has 1 spiro atoms. The highest BCUT2D eigenvalue weighted by Gasteiger charge is 2.58. The van der Waals surface area contributed by atoms with E-state index >= 15 is 0 Å². The van der Waals surface area contributed by atoms with E-state index in [1.807, 2.05) is 11.1 Å². The average molecular weight is 290 g/mol. The number of fused-ring (bicyclic) bond motifs is 2.